The Hall–Kier alpha value is -2.56. The van der Waals surface area contributed by atoms with Crippen LogP contribution in [-0.2, 0) is 0 Å². The van der Waals surface area contributed by atoms with Crippen molar-refractivity contribution in [2.45, 2.75) is 0 Å². The van der Waals surface area contributed by atoms with E-state index >= 15 is 0 Å². The molecule has 126 valence electrons. The molecule has 0 radical (unpaired) electrons. The molecule has 4 nitrogen and oxygen atoms in total. The number of methoxy groups -OCH3 is 1. The zero-order chi connectivity index (χ0) is 18.0. The first-order valence-corrected chi connectivity index (χ1v) is 8.03. The van der Waals surface area contributed by atoms with E-state index in [0.717, 1.165) is 0 Å². The lowest BCUT2D eigenvalue weighted by Gasteiger charge is -2.03. The first kappa shape index (κ1) is 17.3. The maximum atomic E-state index is 12.3. The fourth-order valence-corrected chi connectivity index (χ4v) is 2.75. The Morgan fingerprint density at radius 2 is 1.92 bits per heavy atom. The molecule has 0 N–H and O–H groups in total. The second kappa shape index (κ2) is 7.13. The largest absolute Gasteiger partial charge is 0.497 e. The van der Waals surface area contributed by atoms with Crippen LogP contribution in [0.4, 0.5) is 0 Å². The fourth-order valence-electron chi connectivity index (χ4n) is 2.28. The van der Waals surface area contributed by atoms with Gasteiger partial charge in [-0.3, -0.25) is 4.79 Å². The topological polar surface area (TPSA) is 56.5 Å². The van der Waals surface area contributed by atoms with Crippen molar-refractivity contribution in [3.8, 4) is 5.75 Å². The Morgan fingerprint density at radius 1 is 1.12 bits per heavy atom. The van der Waals surface area contributed by atoms with E-state index in [1.54, 1.807) is 36.4 Å². The quantitative estimate of drug-likeness (QED) is 0.366. The number of ketones is 1. The number of fused-ring (bicyclic) bond motifs is 1. The fraction of sp³-hybridized carbons (Fsp3) is 0.0526. The highest BCUT2D eigenvalue weighted by molar-refractivity contribution is 6.35. The number of hydrogen-bond donors (Lipinski definition) is 0. The molecule has 0 amide bonds. The summed E-state index contributed by atoms with van der Waals surface area (Å²) in [7, 11) is 1.52. The summed E-state index contributed by atoms with van der Waals surface area (Å²) < 4.78 is 10.3. The van der Waals surface area contributed by atoms with E-state index in [1.165, 1.54) is 25.3 Å². The van der Waals surface area contributed by atoms with E-state index in [1.807, 2.05) is 0 Å². The summed E-state index contributed by atoms with van der Waals surface area (Å²) in [5.41, 5.74) is 0.205. The summed E-state index contributed by atoms with van der Waals surface area (Å²) >= 11 is 11.9. The van der Waals surface area contributed by atoms with Crippen LogP contribution in [0.3, 0.4) is 0 Å². The smallest absolute Gasteiger partial charge is 0.347 e. The van der Waals surface area contributed by atoms with Crippen molar-refractivity contribution >= 4 is 46.0 Å². The van der Waals surface area contributed by atoms with E-state index in [0.29, 0.717) is 32.3 Å². The van der Waals surface area contributed by atoms with Gasteiger partial charge in [0.05, 0.1) is 7.11 Å². The maximum absolute atomic E-state index is 12.3. The van der Waals surface area contributed by atoms with Crippen LogP contribution in [0, 0.1) is 0 Å². The molecule has 3 aromatic rings. The molecule has 0 saturated heterocycles. The summed E-state index contributed by atoms with van der Waals surface area (Å²) in [6, 6.07) is 11.4. The predicted octanol–water partition coefficient (Wildman–Crippen LogP) is 5.00. The van der Waals surface area contributed by atoms with E-state index in [4.69, 9.17) is 32.4 Å². The van der Waals surface area contributed by atoms with Gasteiger partial charge in [-0.2, -0.15) is 0 Å². The van der Waals surface area contributed by atoms with Gasteiger partial charge in [-0.05, 0) is 48.0 Å². The average Bonchev–Trinajstić information content (AvgIpc) is 2.59. The Bertz CT molecular complexity index is 1050. The number of halogens is 2. The number of benzene rings is 2. The molecule has 0 aliphatic heterocycles. The van der Waals surface area contributed by atoms with Crippen molar-refractivity contribution in [3.05, 3.63) is 80.1 Å². The Kier molecular flexibility index (Phi) is 4.93. The number of hydrogen-bond acceptors (Lipinski definition) is 4. The van der Waals surface area contributed by atoms with Crippen LogP contribution in [0.5, 0.6) is 5.75 Å². The van der Waals surface area contributed by atoms with E-state index in [-0.39, 0.29) is 5.56 Å². The van der Waals surface area contributed by atoms with Gasteiger partial charge in [-0.1, -0.05) is 29.3 Å². The molecule has 0 unspecified atom stereocenters. The lowest BCUT2D eigenvalue weighted by Crippen LogP contribution is -2.11. The lowest BCUT2D eigenvalue weighted by atomic mass is 10.1. The number of allylic oxidation sites excluding steroid dienone is 1. The first-order chi connectivity index (χ1) is 12.0. The summed E-state index contributed by atoms with van der Waals surface area (Å²) in [5.74, 6) is 0.0875. The highest BCUT2D eigenvalue weighted by Crippen LogP contribution is 2.23. The van der Waals surface area contributed by atoms with Crippen molar-refractivity contribution in [3.63, 3.8) is 0 Å². The third-order valence-corrected chi connectivity index (χ3v) is 4.15. The standard InChI is InChI=1S/C19H12Cl2O4/c1-24-14-6-3-12-8-15(19(23)25-18(12)10-14)17(22)7-4-11-2-5-13(20)9-16(11)21/h2-10H,1H3/b7-4+. The minimum Gasteiger partial charge on any atom is -0.497 e. The summed E-state index contributed by atoms with van der Waals surface area (Å²) in [6.45, 7) is 0. The van der Waals surface area contributed by atoms with Crippen LogP contribution in [-0.4, -0.2) is 12.9 Å². The van der Waals surface area contributed by atoms with Crippen molar-refractivity contribution in [1.82, 2.24) is 0 Å². The normalized spacial score (nSPS) is 11.2. The van der Waals surface area contributed by atoms with Crippen molar-refractivity contribution < 1.29 is 13.9 Å². The van der Waals surface area contributed by atoms with Gasteiger partial charge in [0.2, 0.25) is 0 Å². The monoisotopic (exact) mass is 374 g/mol. The summed E-state index contributed by atoms with van der Waals surface area (Å²) in [6.07, 6.45) is 2.80. The third-order valence-electron chi connectivity index (χ3n) is 3.59. The Balaban J connectivity index is 1.95. The zero-order valence-corrected chi connectivity index (χ0v) is 14.6. The SMILES string of the molecule is COc1ccc2cc(C(=O)/C=C/c3ccc(Cl)cc3Cl)c(=O)oc2c1. The van der Waals surface area contributed by atoms with Crippen LogP contribution in [0.2, 0.25) is 10.0 Å². The summed E-state index contributed by atoms with van der Waals surface area (Å²) in [4.78, 5) is 24.4. The Labute approximate surface area is 153 Å². The van der Waals surface area contributed by atoms with Crippen LogP contribution in [0.15, 0.2) is 57.8 Å². The second-order valence-corrected chi connectivity index (χ2v) is 6.06. The molecule has 3 rings (SSSR count). The van der Waals surface area contributed by atoms with Gasteiger partial charge in [-0.25, -0.2) is 4.79 Å². The minimum absolute atomic E-state index is 0.0565. The molecule has 1 aromatic heterocycles. The summed E-state index contributed by atoms with van der Waals surface area (Å²) in [5, 5.41) is 1.54. The number of ether oxygens (including phenoxy) is 1. The molecule has 0 atom stereocenters. The molecule has 1 heterocycles. The van der Waals surface area contributed by atoms with E-state index in [9.17, 15) is 9.59 Å². The molecule has 0 bridgehead atoms. The van der Waals surface area contributed by atoms with E-state index in [2.05, 4.69) is 0 Å². The minimum atomic E-state index is -0.711. The molecule has 2 aromatic carbocycles. The molecule has 25 heavy (non-hydrogen) atoms. The molecule has 0 aliphatic carbocycles. The van der Waals surface area contributed by atoms with Gasteiger partial charge in [0.1, 0.15) is 16.9 Å². The van der Waals surface area contributed by atoms with Gasteiger partial charge >= 0.3 is 5.63 Å². The number of carbonyl (C=O) groups excluding carboxylic acids is 1. The maximum Gasteiger partial charge on any atom is 0.347 e. The van der Waals surface area contributed by atoms with E-state index < -0.39 is 11.4 Å². The molecular formula is C19H12Cl2O4. The third kappa shape index (κ3) is 3.76. The average molecular weight is 375 g/mol. The molecule has 0 spiro atoms. The molecule has 0 saturated carbocycles. The second-order valence-electron chi connectivity index (χ2n) is 5.21. The van der Waals surface area contributed by atoms with Crippen LogP contribution < -0.4 is 10.4 Å². The Morgan fingerprint density at radius 3 is 2.64 bits per heavy atom. The lowest BCUT2D eigenvalue weighted by molar-refractivity contribution is 0.104. The highest BCUT2D eigenvalue weighted by Gasteiger charge is 2.12. The molecule has 0 fully saturated rings. The molecule has 6 heteroatoms. The highest BCUT2D eigenvalue weighted by atomic mass is 35.5. The molecular weight excluding hydrogens is 363 g/mol. The van der Waals surface area contributed by atoms with Gasteiger partial charge < -0.3 is 9.15 Å². The van der Waals surface area contributed by atoms with Crippen LogP contribution >= 0.6 is 23.2 Å². The van der Waals surface area contributed by atoms with Crippen LogP contribution in [0.1, 0.15) is 15.9 Å². The zero-order valence-electron chi connectivity index (χ0n) is 13.1. The number of rotatable bonds is 4. The predicted molar refractivity (Wildman–Crippen MR) is 98.9 cm³/mol. The van der Waals surface area contributed by atoms with Gasteiger partial charge in [0, 0.05) is 21.5 Å². The van der Waals surface area contributed by atoms with Crippen molar-refractivity contribution in [2.75, 3.05) is 7.11 Å². The number of carbonyl (C=O) groups is 1. The van der Waals surface area contributed by atoms with Gasteiger partial charge in [0.25, 0.3) is 0 Å². The van der Waals surface area contributed by atoms with Gasteiger partial charge in [0.15, 0.2) is 5.78 Å². The van der Waals surface area contributed by atoms with Gasteiger partial charge in [-0.15, -0.1) is 0 Å². The van der Waals surface area contributed by atoms with Crippen molar-refractivity contribution in [2.24, 2.45) is 0 Å². The molecule has 0 aliphatic rings. The van der Waals surface area contributed by atoms with Crippen molar-refractivity contribution in [1.29, 1.82) is 0 Å². The first-order valence-electron chi connectivity index (χ1n) is 7.27. The van der Waals surface area contributed by atoms with Crippen LogP contribution in [0.25, 0.3) is 17.0 Å².